The molecule has 1 fully saturated rings. The second-order valence-corrected chi connectivity index (χ2v) is 4.16. The number of rotatable bonds is 1. The van der Waals surface area contributed by atoms with E-state index in [1.165, 1.54) is 4.90 Å². The van der Waals surface area contributed by atoms with Crippen molar-refractivity contribution in [3.63, 3.8) is 0 Å². The molecule has 2 aromatic rings. The lowest BCUT2D eigenvalue weighted by molar-refractivity contribution is 0.0859. The standard InChI is InChI=1S/C11H11N3O3/c15-10-12-8-3-1-2-4-9(8)14(10)7-5-13(6-7)11(16)17/h1-4,7H,5-6H2,(H,12,15)(H,16,17). The summed E-state index contributed by atoms with van der Waals surface area (Å²) in [6.45, 7) is 0.744. The number of nitrogens with one attached hydrogen (secondary N) is 1. The topological polar surface area (TPSA) is 78.3 Å². The number of imidazole rings is 1. The van der Waals surface area contributed by atoms with Crippen LogP contribution in [0.2, 0.25) is 0 Å². The van der Waals surface area contributed by atoms with Gasteiger partial charge in [0.05, 0.1) is 17.1 Å². The van der Waals surface area contributed by atoms with Gasteiger partial charge in [-0.1, -0.05) is 12.1 Å². The van der Waals surface area contributed by atoms with E-state index < -0.39 is 6.09 Å². The quantitative estimate of drug-likeness (QED) is 0.766. The van der Waals surface area contributed by atoms with Crippen molar-refractivity contribution in [2.75, 3.05) is 13.1 Å². The number of hydrogen-bond donors (Lipinski definition) is 2. The third-order valence-electron chi connectivity index (χ3n) is 3.12. The van der Waals surface area contributed by atoms with Gasteiger partial charge in [0.15, 0.2) is 0 Å². The first-order valence-electron chi connectivity index (χ1n) is 5.34. The van der Waals surface area contributed by atoms with Gasteiger partial charge < -0.3 is 15.0 Å². The summed E-state index contributed by atoms with van der Waals surface area (Å²) >= 11 is 0. The number of carboxylic acid groups (broad SMARTS) is 1. The van der Waals surface area contributed by atoms with Gasteiger partial charge in [0.2, 0.25) is 0 Å². The Hall–Kier alpha value is -2.24. The maximum absolute atomic E-state index is 11.8. The summed E-state index contributed by atoms with van der Waals surface area (Å²) in [5, 5.41) is 8.76. The SMILES string of the molecule is O=C(O)N1CC(n2c(=O)[nH]c3ccccc32)C1. The van der Waals surface area contributed by atoms with Crippen molar-refractivity contribution >= 4 is 17.1 Å². The number of likely N-dealkylation sites (tertiary alicyclic amines) is 1. The smallest absolute Gasteiger partial charge is 0.407 e. The van der Waals surface area contributed by atoms with E-state index in [0.29, 0.717) is 13.1 Å². The molecule has 3 rings (SSSR count). The van der Waals surface area contributed by atoms with Crippen LogP contribution in [0, 0.1) is 0 Å². The molecule has 1 amide bonds. The van der Waals surface area contributed by atoms with Crippen molar-refractivity contribution < 1.29 is 9.90 Å². The first-order valence-corrected chi connectivity index (χ1v) is 5.34. The third-order valence-corrected chi connectivity index (χ3v) is 3.12. The largest absolute Gasteiger partial charge is 0.465 e. The molecule has 2 heterocycles. The summed E-state index contributed by atoms with van der Waals surface area (Å²) < 4.78 is 1.63. The fourth-order valence-corrected chi connectivity index (χ4v) is 2.21. The molecule has 1 saturated heterocycles. The van der Waals surface area contributed by atoms with E-state index in [9.17, 15) is 9.59 Å². The third kappa shape index (κ3) is 1.41. The Balaban J connectivity index is 1.99. The number of nitrogens with zero attached hydrogens (tertiary/aromatic N) is 2. The van der Waals surface area contributed by atoms with Crippen molar-refractivity contribution in [3.8, 4) is 0 Å². The van der Waals surface area contributed by atoms with Crippen LogP contribution in [0.3, 0.4) is 0 Å². The molecule has 17 heavy (non-hydrogen) atoms. The Morgan fingerprint density at radius 3 is 2.76 bits per heavy atom. The van der Waals surface area contributed by atoms with Crippen LogP contribution in [0.4, 0.5) is 4.79 Å². The maximum atomic E-state index is 11.8. The summed E-state index contributed by atoms with van der Waals surface area (Å²) in [6.07, 6.45) is -0.936. The van der Waals surface area contributed by atoms with Crippen LogP contribution >= 0.6 is 0 Å². The number of aromatic nitrogens is 2. The lowest BCUT2D eigenvalue weighted by Gasteiger charge is -2.37. The number of benzene rings is 1. The van der Waals surface area contributed by atoms with Gasteiger partial charge in [-0.15, -0.1) is 0 Å². The first-order chi connectivity index (χ1) is 8.16. The fraction of sp³-hybridized carbons (Fsp3) is 0.273. The summed E-state index contributed by atoms with van der Waals surface area (Å²) in [4.78, 5) is 26.5. The minimum atomic E-state index is -0.936. The Morgan fingerprint density at radius 1 is 1.35 bits per heavy atom. The number of carbonyl (C=O) groups is 1. The Labute approximate surface area is 96.1 Å². The zero-order valence-corrected chi connectivity index (χ0v) is 8.96. The number of hydrogen-bond acceptors (Lipinski definition) is 2. The van der Waals surface area contributed by atoms with Gasteiger partial charge in [-0.3, -0.25) is 4.57 Å². The predicted octanol–water partition coefficient (Wildman–Crippen LogP) is 0.864. The molecule has 0 saturated carbocycles. The second-order valence-electron chi connectivity index (χ2n) is 4.16. The highest BCUT2D eigenvalue weighted by molar-refractivity contribution is 5.75. The number of fused-ring (bicyclic) bond motifs is 1. The van der Waals surface area contributed by atoms with Crippen LogP contribution in [-0.4, -0.2) is 38.7 Å². The molecular weight excluding hydrogens is 222 g/mol. The van der Waals surface area contributed by atoms with Crippen molar-refractivity contribution in [2.45, 2.75) is 6.04 Å². The fourth-order valence-electron chi connectivity index (χ4n) is 2.21. The molecule has 1 aliphatic heterocycles. The molecule has 0 bridgehead atoms. The molecule has 0 spiro atoms. The molecule has 0 aliphatic carbocycles. The zero-order valence-electron chi connectivity index (χ0n) is 8.96. The highest BCUT2D eigenvalue weighted by Crippen LogP contribution is 2.23. The van der Waals surface area contributed by atoms with Crippen molar-refractivity contribution in [3.05, 3.63) is 34.7 Å². The highest BCUT2D eigenvalue weighted by atomic mass is 16.4. The van der Waals surface area contributed by atoms with E-state index in [-0.39, 0.29) is 11.7 Å². The normalized spacial score (nSPS) is 16.1. The maximum Gasteiger partial charge on any atom is 0.407 e. The molecular formula is C11H11N3O3. The van der Waals surface area contributed by atoms with E-state index in [1.807, 2.05) is 24.3 Å². The predicted molar refractivity (Wildman–Crippen MR) is 61.2 cm³/mol. The van der Waals surface area contributed by atoms with Gasteiger partial charge in [0, 0.05) is 13.1 Å². The molecule has 1 aromatic carbocycles. The summed E-state index contributed by atoms with van der Waals surface area (Å²) in [5.41, 5.74) is 1.43. The summed E-state index contributed by atoms with van der Waals surface area (Å²) in [7, 11) is 0. The molecule has 1 aromatic heterocycles. The van der Waals surface area contributed by atoms with Crippen LogP contribution in [0.25, 0.3) is 11.0 Å². The Bertz CT molecular complexity index is 637. The van der Waals surface area contributed by atoms with Crippen LogP contribution in [-0.2, 0) is 0 Å². The van der Waals surface area contributed by atoms with Crippen LogP contribution < -0.4 is 5.69 Å². The average molecular weight is 233 g/mol. The van der Waals surface area contributed by atoms with Gasteiger partial charge >= 0.3 is 11.8 Å². The number of aromatic amines is 1. The molecule has 0 unspecified atom stereocenters. The van der Waals surface area contributed by atoms with Gasteiger partial charge in [0.25, 0.3) is 0 Å². The molecule has 0 atom stereocenters. The Kier molecular flexibility index (Phi) is 1.98. The van der Waals surface area contributed by atoms with E-state index in [4.69, 9.17) is 5.11 Å². The zero-order chi connectivity index (χ0) is 12.0. The highest BCUT2D eigenvalue weighted by Gasteiger charge is 2.33. The lowest BCUT2D eigenvalue weighted by Crippen LogP contribution is -2.51. The van der Waals surface area contributed by atoms with Crippen LogP contribution in [0.15, 0.2) is 29.1 Å². The van der Waals surface area contributed by atoms with E-state index in [2.05, 4.69) is 4.98 Å². The molecule has 1 aliphatic rings. The molecule has 6 nitrogen and oxygen atoms in total. The van der Waals surface area contributed by atoms with Crippen LogP contribution in [0.5, 0.6) is 0 Å². The minimum absolute atomic E-state index is 0.0604. The Morgan fingerprint density at radius 2 is 2.06 bits per heavy atom. The lowest BCUT2D eigenvalue weighted by atomic mass is 10.1. The van der Waals surface area contributed by atoms with Gasteiger partial charge in [-0.25, -0.2) is 9.59 Å². The molecule has 2 N–H and O–H groups in total. The van der Waals surface area contributed by atoms with E-state index >= 15 is 0 Å². The van der Waals surface area contributed by atoms with Crippen molar-refractivity contribution in [2.24, 2.45) is 0 Å². The summed E-state index contributed by atoms with van der Waals surface area (Å²) in [5.74, 6) is 0. The van der Waals surface area contributed by atoms with Crippen LogP contribution in [0.1, 0.15) is 6.04 Å². The molecule has 88 valence electrons. The molecule has 0 radical (unpaired) electrons. The van der Waals surface area contributed by atoms with Crippen molar-refractivity contribution in [1.82, 2.24) is 14.5 Å². The minimum Gasteiger partial charge on any atom is -0.465 e. The second kappa shape index (κ2) is 3.38. The number of para-hydroxylation sites is 2. The first kappa shape index (κ1) is 9.95. The van der Waals surface area contributed by atoms with E-state index in [1.54, 1.807) is 4.57 Å². The van der Waals surface area contributed by atoms with E-state index in [0.717, 1.165) is 11.0 Å². The van der Waals surface area contributed by atoms with Gasteiger partial charge in [-0.2, -0.15) is 0 Å². The number of H-pyrrole nitrogens is 1. The number of amides is 1. The average Bonchev–Trinajstić information content (AvgIpc) is 2.53. The van der Waals surface area contributed by atoms with Gasteiger partial charge in [-0.05, 0) is 12.1 Å². The van der Waals surface area contributed by atoms with Crippen molar-refractivity contribution in [1.29, 1.82) is 0 Å². The molecule has 6 heteroatoms. The summed E-state index contributed by atoms with van der Waals surface area (Å²) in [6, 6.07) is 7.35. The monoisotopic (exact) mass is 233 g/mol. The van der Waals surface area contributed by atoms with Gasteiger partial charge in [0.1, 0.15) is 0 Å².